The molecule has 0 saturated carbocycles. The van der Waals surface area contributed by atoms with E-state index in [0.717, 1.165) is 0 Å². The fourth-order valence-corrected chi connectivity index (χ4v) is 1.44. The topological polar surface area (TPSA) is 37.3 Å². The summed E-state index contributed by atoms with van der Waals surface area (Å²) in [4.78, 5) is 11.3. The van der Waals surface area contributed by atoms with E-state index in [1.807, 2.05) is 6.08 Å². The number of aliphatic hydroxyl groups is 1. The fourth-order valence-electron chi connectivity index (χ4n) is 1.44. The van der Waals surface area contributed by atoms with Gasteiger partial charge in [-0.25, -0.2) is 0 Å². The number of hydrogen-bond donors (Lipinski definition) is 1. The van der Waals surface area contributed by atoms with E-state index in [9.17, 15) is 9.90 Å². The van der Waals surface area contributed by atoms with Crippen molar-refractivity contribution >= 4 is 5.78 Å². The zero-order valence-electron chi connectivity index (χ0n) is 7.73. The maximum Gasteiger partial charge on any atom is 0.162 e. The molecule has 0 radical (unpaired) electrons. The van der Waals surface area contributed by atoms with E-state index < -0.39 is 5.60 Å². The van der Waals surface area contributed by atoms with Crippen molar-refractivity contribution in [2.75, 3.05) is 0 Å². The van der Waals surface area contributed by atoms with Gasteiger partial charge in [0.1, 0.15) is 0 Å². The van der Waals surface area contributed by atoms with Gasteiger partial charge in [0, 0.05) is 0 Å². The third kappa shape index (κ3) is 2.16. The van der Waals surface area contributed by atoms with Crippen molar-refractivity contribution in [1.29, 1.82) is 0 Å². The molecule has 0 amide bonds. The Bertz CT molecular complexity index is 272. The number of carbonyl (C=O) groups is 1. The van der Waals surface area contributed by atoms with E-state index in [1.54, 1.807) is 25.2 Å². The summed E-state index contributed by atoms with van der Waals surface area (Å²) >= 11 is 0. The molecule has 2 nitrogen and oxygen atoms in total. The predicted molar refractivity (Wildman–Crippen MR) is 52.2 cm³/mol. The zero-order chi connectivity index (χ0) is 9.90. The largest absolute Gasteiger partial charge is 0.385 e. The van der Waals surface area contributed by atoms with Crippen LogP contribution in [-0.2, 0) is 4.79 Å². The van der Waals surface area contributed by atoms with Crippen LogP contribution >= 0.6 is 0 Å². The summed E-state index contributed by atoms with van der Waals surface area (Å²) in [5.74, 6) is -0.331. The van der Waals surface area contributed by atoms with Crippen molar-refractivity contribution in [2.45, 2.75) is 18.9 Å². The van der Waals surface area contributed by atoms with Gasteiger partial charge in [0.15, 0.2) is 5.78 Å². The van der Waals surface area contributed by atoms with E-state index in [1.165, 1.54) is 6.08 Å². The van der Waals surface area contributed by atoms with Crippen LogP contribution in [0.1, 0.15) is 13.3 Å². The Morgan fingerprint density at radius 1 is 1.77 bits per heavy atom. The molecule has 0 heterocycles. The van der Waals surface area contributed by atoms with Crippen LogP contribution in [0.2, 0.25) is 0 Å². The minimum atomic E-state index is -0.984. The summed E-state index contributed by atoms with van der Waals surface area (Å²) in [7, 11) is 0. The van der Waals surface area contributed by atoms with Crippen molar-refractivity contribution in [2.24, 2.45) is 5.92 Å². The lowest BCUT2D eigenvalue weighted by Crippen LogP contribution is -2.31. The number of allylic oxidation sites excluding steroid dienone is 4. The summed E-state index contributed by atoms with van der Waals surface area (Å²) < 4.78 is 0. The second kappa shape index (κ2) is 3.71. The molecular weight excluding hydrogens is 164 g/mol. The van der Waals surface area contributed by atoms with Gasteiger partial charge in [0.25, 0.3) is 0 Å². The normalized spacial score (nSPS) is 33.1. The number of ketones is 1. The molecule has 0 aromatic carbocycles. The number of rotatable bonds is 3. The highest BCUT2D eigenvalue weighted by molar-refractivity contribution is 5.95. The van der Waals surface area contributed by atoms with Crippen molar-refractivity contribution < 1.29 is 9.90 Å². The molecule has 2 heteroatoms. The number of carbonyl (C=O) groups excluding carboxylic acids is 1. The summed E-state index contributed by atoms with van der Waals surface area (Å²) in [5, 5.41) is 9.76. The monoisotopic (exact) mass is 178 g/mol. The van der Waals surface area contributed by atoms with E-state index >= 15 is 0 Å². The van der Waals surface area contributed by atoms with E-state index in [-0.39, 0.29) is 11.7 Å². The molecule has 1 aliphatic carbocycles. The van der Waals surface area contributed by atoms with Gasteiger partial charge in [0.2, 0.25) is 0 Å². The Morgan fingerprint density at radius 3 is 2.92 bits per heavy atom. The molecular formula is C11H14O2. The minimum Gasteiger partial charge on any atom is -0.385 e. The third-order valence-corrected chi connectivity index (χ3v) is 2.28. The maximum absolute atomic E-state index is 11.3. The molecule has 1 rings (SSSR count). The first-order valence-electron chi connectivity index (χ1n) is 4.31. The smallest absolute Gasteiger partial charge is 0.162 e. The fraction of sp³-hybridized carbons (Fsp3) is 0.364. The van der Waals surface area contributed by atoms with Crippen LogP contribution in [0.4, 0.5) is 0 Å². The Kier molecular flexibility index (Phi) is 2.83. The van der Waals surface area contributed by atoms with Crippen LogP contribution in [0.5, 0.6) is 0 Å². The molecule has 0 aromatic heterocycles. The molecule has 0 aromatic rings. The Hall–Kier alpha value is -1.15. The molecule has 0 saturated heterocycles. The molecule has 0 spiro atoms. The molecule has 0 fully saturated rings. The van der Waals surface area contributed by atoms with Crippen LogP contribution < -0.4 is 0 Å². The Balaban J connectivity index is 2.64. The lowest BCUT2D eigenvalue weighted by atomic mass is 9.89. The van der Waals surface area contributed by atoms with Gasteiger partial charge in [-0.05, 0) is 25.5 Å². The summed E-state index contributed by atoms with van der Waals surface area (Å²) in [6.07, 6.45) is 8.85. The van der Waals surface area contributed by atoms with Crippen molar-refractivity contribution in [3.8, 4) is 0 Å². The SMILES string of the molecule is C=C/C=C\CC1C(=O)C=CC1(C)O. The Labute approximate surface area is 78.3 Å². The van der Waals surface area contributed by atoms with Crippen LogP contribution in [0, 0.1) is 5.92 Å². The zero-order valence-corrected chi connectivity index (χ0v) is 7.73. The highest BCUT2D eigenvalue weighted by Crippen LogP contribution is 2.29. The van der Waals surface area contributed by atoms with Crippen LogP contribution in [0.15, 0.2) is 37.0 Å². The van der Waals surface area contributed by atoms with Crippen molar-refractivity contribution in [3.63, 3.8) is 0 Å². The third-order valence-electron chi connectivity index (χ3n) is 2.28. The van der Waals surface area contributed by atoms with Gasteiger partial charge in [-0.15, -0.1) is 0 Å². The van der Waals surface area contributed by atoms with Crippen molar-refractivity contribution in [1.82, 2.24) is 0 Å². The highest BCUT2D eigenvalue weighted by atomic mass is 16.3. The molecule has 2 atom stereocenters. The average molecular weight is 178 g/mol. The molecule has 2 unspecified atom stereocenters. The number of hydrogen-bond acceptors (Lipinski definition) is 2. The van der Waals surface area contributed by atoms with Gasteiger partial charge in [-0.3, -0.25) is 4.79 Å². The standard InChI is InChI=1S/C11H14O2/c1-3-4-5-6-9-10(12)7-8-11(9,2)13/h3-5,7-9,13H,1,6H2,2H3/b5-4-. The van der Waals surface area contributed by atoms with Crippen LogP contribution in [-0.4, -0.2) is 16.5 Å². The van der Waals surface area contributed by atoms with E-state index in [4.69, 9.17) is 0 Å². The van der Waals surface area contributed by atoms with E-state index in [0.29, 0.717) is 6.42 Å². The van der Waals surface area contributed by atoms with Crippen LogP contribution in [0.3, 0.4) is 0 Å². The first-order valence-corrected chi connectivity index (χ1v) is 4.31. The summed E-state index contributed by atoms with van der Waals surface area (Å²) in [6.45, 7) is 5.18. The molecule has 70 valence electrons. The van der Waals surface area contributed by atoms with Gasteiger partial charge < -0.3 is 5.11 Å². The molecule has 0 aliphatic heterocycles. The van der Waals surface area contributed by atoms with Crippen LogP contribution in [0.25, 0.3) is 0 Å². The van der Waals surface area contributed by atoms with Crippen molar-refractivity contribution in [3.05, 3.63) is 37.0 Å². The van der Waals surface area contributed by atoms with Gasteiger partial charge >= 0.3 is 0 Å². The summed E-state index contributed by atoms with van der Waals surface area (Å²) in [6, 6.07) is 0. The molecule has 0 bridgehead atoms. The molecule has 13 heavy (non-hydrogen) atoms. The summed E-state index contributed by atoms with van der Waals surface area (Å²) in [5.41, 5.74) is -0.984. The van der Waals surface area contributed by atoms with Gasteiger partial charge in [-0.1, -0.05) is 24.8 Å². The second-order valence-corrected chi connectivity index (χ2v) is 3.41. The lowest BCUT2D eigenvalue weighted by molar-refractivity contribution is -0.121. The van der Waals surface area contributed by atoms with E-state index in [2.05, 4.69) is 6.58 Å². The predicted octanol–water partition coefficient (Wildman–Crippen LogP) is 1.62. The maximum atomic E-state index is 11.3. The molecule has 1 aliphatic rings. The Morgan fingerprint density at radius 2 is 2.46 bits per heavy atom. The van der Waals surface area contributed by atoms with Gasteiger partial charge in [0.05, 0.1) is 11.5 Å². The average Bonchev–Trinajstić information content (AvgIpc) is 2.31. The first kappa shape index (κ1) is 9.93. The first-order chi connectivity index (χ1) is 6.08. The lowest BCUT2D eigenvalue weighted by Gasteiger charge is -2.21. The van der Waals surface area contributed by atoms with Gasteiger partial charge in [-0.2, -0.15) is 0 Å². The minimum absolute atomic E-state index is 0.00119. The second-order valence-electron chi connectivity index (χ2n) is 3.41. The highest BCUT2D eigenvalue weighted by Gasteiger charge is 2.37. The molecule has 1 N–H and O–H groups in total. The quantitative estimate of drug-likeness (QED) is 0.667.